The van der Waals surface area contributed by atoms with Crippen LogP contribution in [0.25, 0.3) is 21.8 Å². The largest absolute Gasteiger partial charge is 0.481 e. The monoisotopic (exact) mass is 692 g/mol. The fraction of sp³-hybridized carbons (Fsp3) is 0.231. The normalized spacial score (nSPS) is 10.9. The van der Waals surface area contributed by atoms with E-state index in [1.165, 1.54) is 7.11 Å². The van der Waals surface area contributed by atoms with Gasteiger partial charge in [-0.05, 0) is 123 Å². The maximum atomic E-state index is 11.6. The van der Waals surface area contributed by atoms with Crippen LogP contribution in [0.15, 0.2) is 60.7 Å². The first kappa shape index (κ1) is 36.0. The highest BCUT2D eigenvalue weighted by molar-refractivity contribution is 5.95. The van der Waals surface area contributed by atoms with Crippen LogP contribution >= 0.6 is 0 Å². The Hall–Kier alpha value is -6.30. The van der Waals surface area contributed by atoms with E-state index >= 15 is 0 Å². The summed E-state index contributed by atoms with van der Waals surface area (Å²) in [6.45, 7) is 11.4. The number of aromatic nitrogens is 2. The molecule has 0 aliphatic rings. The SMILES string of the molecule is COC(=O)Cc1ccc(Oc2ccc3[nH]c(C)cc3c2N)c(C)c1C.Cc1cc2c([N+](=O)[O-])c(Oc3ccc(CC(=O)O)c(C)c3C)ccc2[nH]1. The Balaban J connectivity index is 0.000000198. The number of fused-ring (bicyclic) bond motifs is 2. The van der Waals surface area contributed by atoms with Gasteiger partial charge in [0.1, 0.15) is 11.5 Å². The number of carboxylic acid groups (broad SMARTS) is 1. The summed E-state index contributed by atoms with van der Waals surface area (Å²) in [5.41, 5.74) is 15.5. The number of hydrogen-bond donors (Lipinski definition) is 4. The van der Waals surface area contributed by atoms with Gasteiger partial charge in [0.2, 0.25) is 5.75 Å². The van der Waals surface area contributed by atoms with Crippen LogP contribution in [0.2, 0.25) is 0 Å². The second-order valence-corrected chi connectivity index (χ2v) is 12.4. The number of ether oxygens (including phenoxy) is 3. The van der Waals surface area contributed by atoms with Crippen molar-refractivity contribution in [3.63, 3.8) is 0 Å². The van der Waals surface area contributed by atoms with Crippen LogP contribution in [0.4, 0.5) is 11.4 Å². The zero-order valence-electron chi connectivity index (χ0n) is 29.5. The minimum Gasteiger partial charge on any atom is -0.481 e. The van der Waals surface area contributed by atoms with Crippen molar-refractivity contribution in [1.82, 2.24) is 9.97 Å². The molecule has 51 heavy (non-hydrogen) atoms. The van der Waals surface area contributed by atoms with Crippen molar-refractivity contribution >= 4 is 45.1 Å². The molecular formula is C39H40N4O8. The lowest BCUT2D eigenvalue weighted by Crippen LogP contribution is -2.07. The van der Waals surface area contributed by atoms with Gasteiger partial charge in [0.05, 0.1) is 41.5 Å². The van der Waals surface area contributed by atoms with E-state index in [1.807, 2.05) is 65.0 Å². The number of nitrogens with one attached hydrogen (secondary N) is 2. The second-order valence-electron chi connectivity index (χ2n) is 12.4. The number of methoxy groups -OCH3 is 1. The zero-order chi connectivity index (χ0) is 37.1. The molecule has 0 bridgehead atoms. The van der Waals surface area contributed by atoms with E-state index in [4.69, 9.17) is 25.1 Å². The van der Waals surface area contributed by atoms with Gasteiger partial charge in [-0.2, -0.15) is 0 Å². The van der Waals surface area contributed by atoms with Crippen molar-refractivity contribution < 1.29 is 33.8 Å². The number of esters is 1. The van der Waals surface area contributed by atoms with Crippen LogP contribution in [0.1, 0.15) is 44.8 Å². The summed E-state index contributed by atoms with van der Waals surface area (Å²) in [5, 5.41) is 22.0. The lowest BCUT2D eigenvalue weighted by molar-refractivity contribution is -0.383. The number of aromatic amines is 2. The van der Waals surface area contributed by atoms with Crippen molar-refractivity contribution in [3.8, 4) is 23.0 Å². The van der Waals surface area contributed by atoms with Gasteiger partial charge < -0.3 is 35.0 Å². The van der Waals surface area contributed by atoms with E-state index in [0.29, 0.717) is 33.7 Å². The molecule has 0 radical (unpaired) electrons. The van der Waals surface area contributed by atoms with Crippen LogP contribution in [-0.2, 0) is 27.2 Å². The summed E-state index contributed by atoms with van der Waals surface area (Å²) < 4.78 is 16.7. The molecule has 0 saturated carbocycles. The molecule has 12 heteroatoms. The van der Waals surface area contributed by atoms with E-state index in [9.17, 15) is 19.7 Å². The number of nitrogens with zero attached hydrogens (tertiary/aromatic N) is 1. The molecule has 6 aromatic rings. The van der Waals surface area contributed by atoms with E-state index in [1.54, 1.807) is 37.3 Å². The van der Waals surface area contributed by atoms with Gasteiger partial charge in [0, 0.05) is 22.3 Å². The number of nitrogens with two attached hydrogens (primary N) is 1. The van der Waals surface area contributed by atoms with Gasteiger partial charge in [-0.3, -0.25) is 19.7 Å². The number of carbonyl (C=O) groups is 2. The lowest BCUT2D eigenvalue weighted by atomic mass is 10.00. The average Bonchev–Trinajstić information content (AvgIpc) is 3.66. The van der Waals surface area contributed by atoms with Crippen LogP contribution < -0.4 is 15.2 Å². The number of hydrogen-bond acceptors (Lipinski definition) is 8. The number of rotatable bonds is 9. The fourth-order valence-electron chi connectivity index (χ4n) is 5.95. The predicted molar refractivity (Wildman–Crippen MR) is 196 cm³/mol. The molecule has 4 aromatic carbocycles. The number of carboxylic acids is 1. The third-order valence-corrected chi connectivity index (χ3v) is 9.04. The number of nitrogen functional groups attached to an aromatic ring is 1. The number of aliphatic carboxylic acids is 1. The molecule has 2 aromatic heterocycles. The van der Waals surface area contributed by atoms with Gasteiger partial charge in [-0.25, -0.2) is 0 Å². The molecule has 0 spiro atoms. The van der Waals surface area contributed by atoms with Crippen LogP contribution in [0.3, 0.4) is 0 Å². The Bertz CT molecular complexity index is 2320. The Kier molecular flexibility index (Phi) is 10.4. The quantitative estimate of drug-likeness (QED) is 0.0499. The van der Waals surface area contributed by atoms with Crippen molar-refractivity contribution in [2.75, 3.05) is 12.8 Å². The van der Waals surface area contributed by atoms with E-state index in [0.717, 1.165) is 55.9 Å². The van der Waals surface area contributed by atoms with Gasteiger partial charge in [-0.15, -0.1) is 0 Å². The number of H-pyrrole nitrogens is 2. The molecule has 2 heterocycles. The topological polar surface area (TPSA) is 183 Å². The number of nitro benzene ring substituents is 1. The number of nitro groups is 1. The highest BCUT2D eigenvalue weighted by Gasteiger charge is 2.23. The number of benzene rings is 4. The summed E-state index contributed by atoms with van der Waals surface area (Å²) in [6, 6.07) is 17.9. The van der Waals surface area contributed by atoms with Crippen LogP contribution in [0, 0.1) is 51.7 Å². The molecular weight excluding hydrogens is 652 g/mol. The predicted octanol–water partition coefficient (Wildman–Crippen LogP) is 8.60. The van der Waals surface area contributed by atoms with Gasteiger partial charge in [0.15, 0.2) is 5.75 Å². The number of carbonyl (C=O) groups excluding carboxylic acids is 1. The third kappa shape index (κ3) is 7.64. The third-order valence-electron chi connectivity index (χ3n) is 9.04. The van der Waals surface area contributed by atoms with E-state index in [-0.39, 0.29) is 30.2 Å². The number of anilines is 1. The van der Waals surface area contributed by atoms with Crippen LogP contribution in [0.5, 0.6) is 23.0 Å². The average molecular weight is 693 g/mol. The van der Waals surface area contributed by atoms with Gasteiger partial charge in [-0.1, -0.05) is 12.1 Å². The van der Waals surface area contributed by atoms with Gasteiger partial charge >= 0.3 is 17.6 Å². The molecule has 0 saturated heterocycles. The molecule has 0 amide bonds. The summed E-state index contributed by atoms with van der Waals surface area (Å²) in [6.07, 6.45) is 0.169. The number of aryl methyl sites for hydroxylation is 2. The molecule has 0 fully saturated rings. The van der Waals surface area contributed by atoms with E-state index < -0.39 is 10.9 Å². The second kappa shape index (κ2) is 14.7. The minimum absolute atomic E-state index is 0.0817. The highest BCUT2D eigenvalue weighted by Crippen LogP contribution is 2.40. The lowest BCUT2D eigenvalue weighted by Gasteiger charge is -2.15. The van der Waals surface area contributed by atoms with Crippen molar-refractivity contribution in [1.29, 1.82) is 0 Å². The zero-order valence-corrected chi connectivity index (χ0v) is 29.5. The molecule has 264 valence electrons. The molecule has 12 nitrogen and oxygen atoms in total. The van der Waals surface area contributed by atoms with Crippen molar-refractivity contribution in [2.24, 2.45) is 0 Å². The Morgan fingerprint density at radius 1 is 0.706 bits per heavy atom. The van der Waals surface area contributed by atoms with Gasteiger partial charge in [0.25, 0.3) is 0 Å². The Labute approximate surface area is 294 Å². The van der Waals surface area contributed by atoms with Crippen molar-refractivity contribution in [2.45, 2.75) is 54.4 Å². The van der Waals surface area contributed by atoms with Crippen LogP contribution in [-0.4, -0.2) is 39.0 Å². The fourth-order valence-corrected chi connectivity index (χ4v) is 5.95. The highest BCUT2D eigenvalue weighted by atomic mass is 16.6. The smallest absolute Gasteiger partial charge is 0.320 e. The Morgan fingerprint density at radius 2 is 1.18 bits per heavy atom. The molecule has 0 aliphatic carbocycles. The Morgan fingerprint density at radius 3 is 1.71 bits per heavy atom. The maximum absolute atomic E-state index is 11.6. The summed E-state index contributed by atoms with van der Waals surface area (Å²) >= 11 is 0. The summed E-state index contributed by atoms with van der Waals surface area (Å²) in [5.74, 6) is 0.791. The summed E-state index contributed by atoms with van der Waals surface area (Å²) in [7, 11) is 1.39. The summed E-state index contributed by atoms with van der Waals surface area (Å²) in [4.78, 5) is 40.0. The standard InChI is InChI=1S/C20H22N2O3.C19H18N2O5/c1-11-9-15-16(22-11)6-8-18(20(15)21)25-17-7-5-14(10-19(23)24-4)12(2)13(17)3;1-10-8-14-15(20-10)5-7-17(19(14)21(24)25)26-16-6-4-13(9-18(22)23)11(2)12(16)3/h5-9,22H,10,21H2,1-4H3;4-8,20H,9H2,1-3H3,(H,22,23). The molecule has 0 aliphatic heterocycles. The molecule has 6 rings (SSSR count). The molecule has 0 unspecified atom stereocenters. The molecule has 5 N–H and O–H groups in total. The van der Waals surface area contributed by atoms with E-state index in [2.05, 4.69) is 9.97 Å². The first-order valence-corrected chi connectivity index (χ1v) is 16.1. The minimum atomic E-state index is -0.912. The van der Waals surface area contributed by atoms with Crippen molar-refractivity contribution in [3.05, 3.63) is 116 Å². The molecule has 0 atom stereocenters. The maximum Gasteiger partial charge on any atom is 0.320 e. The first-order chi connectivity index (χ1) is 24.2. The first-order valence-electron chi connectivity index (χ1n) is 16.1.